The summed E-state index contributed by atoms with van der Waals surface area (Å²) in [5.74, 6) is -0.934. The van der Waals surface area contributed by atoms with Gasteiger partial charge in [0.2, 0.25) is 0 Å². The summed E-state index contributed by atoms with van der Waals surface area (Å²) in [7, 11) is 0. The first-order valence-corrected chi connectivity index (χ1v) is 7.75. The van der Waals surface area contributed by atoms with Crippen molar-refractivity contribution in [3.63, 3.8) is 0 Å². The lowest BCUT2D eigenvalue weighted by molar-refractivity contribution is -0.934. The van der Waals surface area contributed by atoms with Crippen LogP contribution in [0.2, 0.25) is 0 Å². The first kappa shape index (κ1) is 15.0. The lowest BCUT2D eigenvalue weighted by Gasteiger charge is -2.28. The molecule has 0 saturated heterocycles. The average Bonchev–Trinajstić information content (AvgIpc) is 2.69. The summed E-state index contributed by atoms with van der Waals surface area (Å²) in [4.78, 5) is 12.2. The Morgan fingerprint density at radius 3 is 2.30 bits per heavy atom. The van der Waals surface area contributed by atoms with Crippen LogP contribution in [0.1, 0.15) is 49.7 Å². The number of rotatable bonds is 5. The van der Waals surface area contributed by atoms with Crippen LogP contribution in [0.5, 0.6) is 0 Å². The molecule has 1 aromatic carbocycles. The molecular formula is C17H25NO2. The fraction of sp³-hybridized carbons (Fsp3) is 0.588. The van der Waals surface area contributed by atoms with E-state index in [9.17, 15) is 9.90 Å². The van der Waals surface area contributed by atoms with E-state index in [0.29, 0.717) is 6.04 Å². The molecule has 20 heavy (non-hydrogen) atoms. The molecule has 3 heteroatoms. The van der Waals surface area contributed by atoms with Crippen LogP contribution < -0.4 is 10.0 Å². The number of nitrogens with one attached hydrogen (secondary N) is 1. The van der Waals surface area contributed by atoms with E-state index in [1.165, 1.54) is 36.8 Å². The van der Waals surface area contributed by atoms with E-state index in [1.54, 1.807) is 0 Å². The SMILES string of the molecule is Cc1ccc(C[NH+](CC(=O)[O-])C2CCCCCC2)cc1. The smallest absolute Gasteiger partial charge is 0.118 e. The zero-order chi connectivity index (χ0) is 14.4. The van der Waals surface area contributed by atoms with Gasteiger partial charge in [-0.2, -0.15) is 0 Å². The van der Waals surface area contributed by atoms with Gasteiger partial charge in [0, 0.05) is 5.56 Å². The Morgan fingerprint density at radius 1 is 1.15 bits per heavy atom. The summed E-state index contributed by atoms with van der Waals surface area (Å²) >= 11 is 0. The minimum atomic E-state index is -0.934. The molecule has 110 valence electrons. The Morgan fingerprint density at radius 2 is 1.75 bits per heavy atom. The molecule has 1 aromatic rings. The third-order valence-corrected chi connectivity index (χ3v) is 4.36. The van der Waals surface area contributed by atoms with Gasteiger partial charge in [0.1, 0.15) is 13.1 Å². The highest BCUT2D eigenvalue weighted by atomic mass is 16.4. The number of aryl methyl sites for hydroxylation is 1. The van der Waals surface area contributed by atoms with Gasteiger partial charge >= 0.3 is 0 Å². The summed E-state index contributed by atoms with van der Waals surface area (Å²) in [6, 6.07) is 8.89. The van der Waals surface area contributed by atoms with E-state index in [1.807, 2.05) is 0 Å². The van der Waals surface area contributed by atoms with Gasteiger partial charge in [-0.25, -0.2) is 0 Å². The summed E-state index contributed by atoms with van der Waals surface area (Å²) in [5, 5.41) is 11.1. The van der Waals surface area contributed by atoms with Crippen molar-refractivity contribution in [2.24, 2.45) is 0 Å². The van der Waals surface area contributed by atoms with Crippen LogP contribution in [0, 0.1) is 6.92 Å². The number of benzene rings is 1. The maximum atomic E-state index is 11.1. The predicted molar refractivity (Wildman–Crippen MR) is 77.2 cm³/mol. The molecule has 0 aliphatic heterocycles. The van der Waals surface area contributed by atoms with Gasteiger partial charge in [-0.1, -0.05) is 42.7 Å². The quantitative estimate of drug-likeness (QED) is 0.810. The van der Waals surface area contributed by atoms with Crippen LogP contribution >= 0.6 is 0 Å². The third-order valence-electron chi connectivity index (χ3n) is 4.36. The van der Waals surface area contributed by atoms with E-state index >= 15 is 0 Å². The summed E-state index contributed by atoms with van der Waals surface area (Å²) in [6.07, 6.45) is 7.34. The molecule has 0 amide bonds. The monoisotopic (exact) mass is 275 g/mol. The molecule has 2 rings (SSSR count). The number of aliphatic carboxylic acids is 1. The molecule has 1 atom stereocenters. The van der Waals surface area contributed by atoms with Crippen LogP contribution in [0.4, 0.5) is 0 Å². The van der Waals surface area contributed by atoms with Crippen LogP contribution in [-0.4, -0.2) is 18.6 Å². The van der Waals surface area contributed by atoms with Crippen LogP contribution in [0.3, 0.4) is 0 Å². The molecule has 0 bridgehead atoms. The van der Waals surface area contributed by atoms with Gasteiger partial charge < -0.3 is 14.8 Å². The number of hydrogen-bond acceptors (Lipinski definition) is 2. The topological polar surface area (TPSA) is 44.6 Å². The molecule has 0 aromatic heterocycles. The molecule has 0 radical (unpaired) electrons. The third kappa shape index (κ3) is 4.64. The maximum absolute atomic E-state index is 11.1. The second-order valence-electron chi connectivity index (χ2n) is 6.06. The molecule has 1 unspecified atom stereocenters. The van der Waals surface area contributed by atoms with Crippen LogP contribution in [0.15, 0.2) is 24.3 Å². The largest absolute Gasteiger partial charge is 0.544 e. The highest BCUT2D eigenvalue weighted by molar-refractivity contribution is 5.65. The summed E-state index contributed by atoms with van der Waals surface area (Å²) in [5.41, 5.74) is 2.46. The summed E-state index contributed by atoms with van der Waals surface area (Å²) in [6.45, 7) is 2.98. The van der Waals surface area contributed by atoms with Gasteiger partial charge in [-0.05, 0) is 32.6 Å². The molecular weight excluding hydrogens is 250 g/mol. The Bertz CT molecular complexity index is 419. The molecule has 1 aliphatic carbocycles. The Labute approximate surface area is 121 Å². The Hall–Kier alpha value is -1.35. The number of carbonyl (C=O) groups excluding carboxylic acids is 1. The predicted octanol–water partition coefficient (Wildman–Crippen LogP) is 0.853. The zero-order valence-corrected chi connectivity index (χ0v) is 12.4. The second kappa shape index (κ2) is 7.44. The molecule has 1 aliphatic rings. The molecule has 0 heterocycles. The molecule has 1 saturated carbocycles. The standard InChI is InChI=1S/C17H25NO2/c1-14-8-10-15(11-9-14)12-18(13-17(19)20)16-6-4-2-3-5-7-16/h8-11,16H,2-7,12-13H2,1H3,(H,19,20). The fourth-order valence-electron chi connectivity index (χ4n) is 3.19. The van der Waals surface area contributed by atoms with E-state index in [2.05, 4.69) is 31.2 Å². The molecule has 0 spiro atoms. The van der Waals surface area contributed by atoms with E-state index in [4.69, 9.17) is 0 Å². The van der Waals surface area contributed by atoms with Gasteiger partial charge in [0.15, 0.2) is 0 Å². The number of quaternary nitrogens is 1. The first-order chi connectivity index (χ1) is 9.65. The number of carbonyl (C=O) groups is 1. The molecule has 1 fully saturated rings. The summed E-state index contributed by atoms with van der Waals surface area (Å²) < 4.78 is 0. The second-order valence-corrected chi connectivity index (χ2v) is 6.06. The van der Waals surface area contributed by atoms with Gasteiger partial charge in [-0.15, -0.1) is 0 Å². The van der Waals surface area contributed by atoms with E-state index < -0.39 is 5.97 Å². The van der Waals surface area contributed by atoms with Crippen molar-refractivity contribution in [3.8, 4) is 0 Å². The van der Waals surface area contributed by atoms with Gasteiger partial charge in [0.05, 0.1) is 12.0 Å². The van der Waals surface area contributed by atoms with Gasteiger partial charge in [-0.3, -0.25) is 0 Å². The average molecular weight is 275 g/mol. The van der Waals surface area contributed by atoms with Crippen molar-refractivity contribution in [1.29, 1.82) is 0 Å². The minimum Gasteiger partial charge on any atom is -0.544 e. The van der Waals surface area contributed by atoms with Crippen molar-refractivity contribution >= 4 is 5.97 Å². The Kier molecular flexibility index (Phi) is 5.60. The van der Waals surface area contributed by atoms with Crippen molar-refractivity contribution in [2.75, 3.05) is 6.54 Å². The highest BCUT2D eigenvalue weighted by Crippen LogP contribution is 2.15. The molecule has 3 nitrogen and oxygen atoms in total. The normalized spacial score (nSPS) is 18.4. The number of carboxylic acids is 1. The van der Waals surface area contributed by atoms with Gasteiger partial charge in [0.25, 0.3) is 0 Å². The minimum absolute atomic E-state index is 0.124. The lowest BCUT2D eigenvalue weighted by Crippen LogP contribution is -3.15. The van der Waals surface area contributed by atoms with E-state index in [-0.39, 0.29) is 6.54 Å². The number of carboxylic acid groups (broad SMARTS) is 1. The fourth-order valence-corrected chi connectivity index (χ4v) is 3.19. The van der Waals surface area contributed by atoms with Crippen LogP contribution in [0.25, 0.3) is 0 Å². The molecule has 1 N–H and O–H groups in total. The Balaban J connectivity index is 2.05. The first-order valence-electron chi connectivity index (χ1n) is 7.75. The van der Waals surface area contributed by atoms with Crippen molar-refractivity contribution in [3.05, 3.63) is 35.4 Å². The maximum Gasteiger partial charge on any atom is 0.118 e. The number of hydrogen-bond donors (Lipinski definition) is 1. The van der Waals surface area contributed by atoms with Crippen molar-refractivity contribution < 1.29 is 14.8 Å². The van der Waals surface area contributed by atoms with Crippen molar-refractivity contribution in [1.82, 2.24) is 0 Å². The zero-order valence-electron chi connectivity index (χ0n) is 12.4. The van der Waals surface area contributed by atoms with Crippen molar-refractivity contribution in [2.45, 2.75) is 58.0 Å². The van der Waals surface area contributed by atoms with E-state index in [0.717, 1.165) is 24.3 Å². The highest BCUT2D eigenvalue weighted by Gasteiger charge is 2.23. The van der Waals surface area contributed by atoms with Crippen LogP contribution in [-0.2, 0) is 11.3 Å². The lowest BCUT2D eigenvalue weighted by atomic mass is 10.1.